The number of hydrogen-bond donors (Lipinski definition) is 1. The second-order valence-electron chi connectivity index (χ2n) is 6.12. The molecule has 0 fully saturated rings. The van der Waals surface area contributed by atoms with E-state index in [4.69, 9.17) is 4.74 Å². The Balaban J connectivity index is 2.02. The van der Waals surface area contributed by atoms with E-state index < -0.39 is 0 Å². The molecule has 6 heteroatoms. The fourth-order valence-electron chi connectivity index (χ4n) is 2.24. The Hall–Kier alpha value is -1.95. The Kier molecular flexibility index (Phi) is 6.73. The average Bonchev–Trinajstić information content (AvgIpc) is 2.91. The Morgan fingerprint density at radius 3 is 2.92 bits per heavy atom. The number of ether oxygens (including phenoxy) is 1. The minimum absolute atomic E-state index is 0.0923. The van der Waals surface area contributed by atoms with E-state index in [-0.39, 0.29) is 5.91 Å². The van der Waals surface area contributed by atoms with Crippen LogP contribution in [0.25, 0.3) is 0 Å². The van der Waals surface area contributed by atoms with Gasteiger partial charge in [0.2, 0.25) is 5.88 Å². The summed E-state index contributed by atoms with van der Waals surface area (Å²) in [5, 5.41) is 3.97. The third kappa shape index (κ3) is 5.03. The van der Waals surface area contributed by atoms with Crippen molar-refractivity contribution in [3.63, 3.8) is 0 Å². The van der Waals surface area contributed by atoms with Crippen molar-refractivity contribution in [2.24, 2.45) is 5.92 Å². The van der Waals surface area contributed by atoms with Gasteiger partial charge < -0.3 is 10.1 Å². The van der Waals surface area contributed by atoms with Gasteiger partial charge in [0.15, 0.2) is 0 Å². The summed E-state index contributed by atoms with van der Waals surface area (Å²) in [7, 11) is 0. The summed E-state index contributed by atoms with van der Waals surface area (Å²) in [4.78, 5) is 21.9. The number of nitrogens with zero attached hydrogens (tertiary/aromatic N) is 2. The van der Waals surface area contributed by atoms with Gasteiger partial charge in [-0.1, -0.05) is 26.8 Å². The van der Waals surface area contributed by atoms with Crippen LogP contribution in [0.15, 0.2) is 18.3 Å². The normalized spacial score (nSPS) is 10.9. The lowest BCUT2D eigenvalue weighted by Crippen LogP contribution is -2.23. The molecule has 0 spiro atoms. The number of aryl methyl sites for hydroxylation is 1. The lowest BCUT2D eigenvalue weighted by atomic mass is 10.1. The number of amides is 1. The molecular weight excluding hydrogens is 322 g/mol. The molecule has 24 heavy (non-hydrogen) atoms. The molecule has 0 aliphatic heterocycles. The topological polar surface area (TPSA) is 64.1 Å². The standard InChI is InChI=1S/C18H25N3O2S/c1-5-9-23-18-14(7-6-8-19-18)11-20-17(22)16-13(4)21-15(24-16)10-12(2)3/h6-8,12H,5,9-11H2,1-4H3,(H,20,22). The molecule has 2 aromatic rings. The van der Waals surface area contributed by atoms with E-state index in [1.807, 2.05) is 26.0 Å². The summed E-state index contributed by atoms with van der Waals surface area (Å²) in [6, 6.07) is 3.76. The average molecular weight is 347 g/mol. The lowest BCUT2D eigenvalue weighted by molar-refractivity contribution is 0.0954. The van der Waals surface area contributed by atoms with Gasteiger partial charge in [-0.15, -0.1) is 11.3 Å². The zero-order valence-electron chi connectivity index (χ0n) is 14.8. The van der Waals surface area contributed by atoms with E-state index >= 15 is 0 Å². The van der Waals surface area contributed by atoms with E-state index in [2.05, 4.69) is 29.1 Å². The quantitative estimate of drug-likeness (QED) is 0.789. The van der Waals surface area contributed by atoms with Gasteiger partial charge in [0.1, 0.15) is 4.88 Å². The molecule has 0 aromatic carbocycles. The predicted octanol–water partition coefficient (Wildman–Crippen LogP) is 3.76. The van der Waals surface area contributed by atoms with Crippen molar-refractivity contribution < 1.29 is 9.53 Å². The van der Waals surface area contributed by atoms with Crippen LogP contribution in [0.3, 0.4) is 0 Å². The highest BCUT2D eigenvalue weighted by atomic mass is 32.1. The maximum Gasteiger partial charge on any atom is 0.263 e. The molecule has 1 amide bonds. The number of carbonyl (C=O) groups is 1. The second-order valence-corrected chi connectivity index (χ2v) is 7.20. The summed E-state index contributed by atoms with van der Waals surface area (Å²) in [5.74, 6) is 1.02. The fraction of sp³-hybridized carbons (Fsp3) is 0.500. The fourth-order valence-corrected chi connectivity index (χ4v) is 3.44. The molecule has 0 unspecified atom stereocenters. The molecule has 0 atom stereocenters. The number of carbonyl (C=O) groups excluding carboxylic acids is 1. The zero-order chi connectivity index (χ0) is 17.5. The van der Waals surface area contributed by atoms with Gasteiger partial charge in [0, 0.05) is 24.7 Å². The molecule has 0 radical (unpaired) electrons. The lowest BCUT2D eigenvalue weighted by Gasteiger charge is -2.10. The molecule has 0 saturated carbocycles. The predicted molar refractivity (Wildman–Crippen MR) is 96.6 cm³/mol. The van der Waals surface area contributed by atoms with Crippen molar-refractivity contribution in [2.75, 3.05) is 6.61 Å². The van der Waals surface area contributed by atoms with Crippen molar-refractivity contribution in [2.45, 2.75) is 47.1 Å². The smallest absolute Gasteiger partial charge is 0.263 e. The first kappa shape index (κ1) is 18.4. The first-order valence-electron chi connectivity index (χ1n) is 8.32. The SMILES string of the molecule is CCCOc1ncccc1CNC(=O)c1sc(CC(C)C)nc1C. The monoisotopic (exact) mass is 347 g/mol. The summed E-state index contributed by atoms with van der Waals surface area (Å²) in [6.07, 6.45) is 3.51. The molecule has 1 N–H and O–H groups in total. The number of aromatic nitrogens is 2. The zero-order valence-corrected chi connectivity index (χ0v) is 15.6. The van der Waals surface area contributed by atoms with Crippen LogP contribution in [0.4, 0.5) is 0 Å². The van der Waals surface area contributed by atoms with Gasteiger partial charge >= 0.3 is 0 Å². The number of rotatable bonds is 8. The van der Waals surface area contributed by atoms with Gasteiger partial charge in [-0.25, -0.2) is 9.97 Å². The van der Waals surface area contributed by atoms with Gasteiger partial charge in [-0.3, -0.25) is 4.79 Å². The summed E-state index contributed by atoms with van der Waals surface area (Å²) >= 11 is 1.48. The molecule has 0 aliphatic carbocycles. The van der Waals surface area contributed by atoms with Crippen LogP contribution in [0.5, 0.6) is 5.88 Å². The number of hydrogen-bond acceptors (Lipinski definition) is 5. The second kappa shape index (κ2) is 8.78. The van der Waals surface area contributed by atoms with Crippen molar-refractivity contribution in [3.05, 3.63) is 39.5 Å². The summed E-state index contributed by atoms with van der Waals surface area (Å²) in [5.41, 5.74) is 1.67. The minimum atomic E-state index is -0.0923. The Morgan fingerprint density at radius 1 is 1.42 bits per heavy atom. The van der Waals surface area contributed by atoms with Gasteiger partial charge in [-0.2, -0.15) is 0 Å². The molecule has 0 aliphatic rings. The van der Waals surface area contributed by atoms with Crippen molar-refractivity contribution >= 4 is 17.2 Å². The number of nitrogens with one attached hydrogen (secondary N) is 1. The van der Waals surface area contributed by atoms with Crippen LogP contribution in [-0.2, 0) is 13.0 Å². The summed E-state index contributed by atoms with van der Waals surface area (Å²) in [6.45, 7) is 9.24. The van der Waals surface area contributed by atoms with Gasteiger partial charge in [0.25, 0.3) is 5.91 Å². The number of thiazole rings is 1. The van der Waals surface area contributed by atoms with E-state index in [1.54, 1.807) is 6.20 Å². The molecule has 5 nitrogen and oxygen atoms in total. The number of pyridine rings is 1. The van der Waals surface area contributed by atoms with E-state index in [1.165, 1.54) is 11.3 Å². The first-order valence-corrected chi connectivity index (χ1v) is 9.14. The van der Waals surface area contributed by atoms with Gasteiger partial charge in [-0.05, 0) is 25.3 Å². The van der Waals surface area contributed by atoms with Crippen LogP contribution in [0.2, 0.25) is 0 Å². The largest absolute Gasteiger partial charge is 0.477 e. The van der Waals surface area contributed by atoms with Gasteiger partial charge in [0.05, 0.1) is 17.3 Å². The molecular formula is C18H25N3O2S. The highest BCUT2D eigenvalue weighted by molar-refractivity contribution is 7.13. The Labute approximate surface area is 147 Å². The Bertz CT molecular complexity index is 683. The van der Waals surface area contributed by atoms with E-state index in [9.17, 15) is 4.79 Å². The molecule has 130 valence electrons. The third-order valence-corrected chi connectivity index (χ3v) is 4.54. The molecule has 2 aromatic heterocycles. The maximum atomic E-state index is 12.5. The van der Waals surface area contributed by atoms with Crippen LogP contribution in [-0.4, -0.2) is 22.5 Å². The third-order valence-electron chi connectivity index (χ3n) is 3.36. The van der Waals surface area contributed by atoms with Crippen LogP contribution >= 0.6 is 11.3 Å². The van der Waals surface area contributed by atoms with Crippen LogP contribution in [0.1, 0.15) is 53.1 Å². The highest BCUT2D eigenvalue weighted by Gasteiger charge is 2.16. The maximum absolute atomic E-state index is 12.5. The Morgan fingerprint density at radius 2 is 2.21 bits per heavy atom. The molecule has 0 saturated heterocycles. The van der Waals surface area contributed by atoms with Crippen molar-refractivity contribution in [1.82, 2.24) is 15.3 Å². The van der Waals surface area contributed by atoms with Crippen LogP contribution < -0.4 is 10.1 Å². The molecule has 2 rings (SSSR count). The van der Waals surface area contributed by atoms with E-state index in [0.717, 1.165) is 29.1 Å². The highest BCUT2D eigenvalue weighted by Crippen LogP contribution is 2.21. The van der Waals surface area contributed by atoms with Crippen LogP contribution in [0, 0.1) is 12.8 Å². The minimum Gasteiger partial charge on any atom is -0.477 e. The van der Waals surface area contributed by atoms with E-state index in [0.29, 0.717) is 29.8 Å². The van der Waals surface area contributed by atoms with Crippen molar-refractivity contribution in [1.29, 1.82) is 0 Å². The van der Waals surface area contributed by atoms with Crippen molar-refractivity contribution in [3.8, 4) is 5.88 Å². The molecule has 2 heterocycles. The summed E-state index contributed by atoms with van der Waals surface area (Å²) < 4.78 is 5.62. The first-order chi connectivity index (χ1) is 11.5. The molecule has 0 bridgehead atoms.